The standard InChI is InChI=1S/C13H26N2/c1-3-14-12-6-7-13(9-12)15-8-4-5-11(2)10-15/h11-14H,3-10H2,1-2H3. The highest BCUT2D eigenvalue weighted by Gasteiger charge is 2.30. The average molecular weight is 210 g/mol. The molecule has 3 atom stereocenters. The molecule has 1 aliphatic heterocycles. The minimum Gasteiger partial charge on any atom is -0.314 e. The molecule has 15 heavy (non-hydrogen) atoms. The van der Waals surface area contributed by atoms with E-state index in [-0.39, 0.29) is 0 Å². The van der Waals surface area contributed by atoms with Crippen LogP contribution in [0.1, 0.15) is 46.0 Å². The number of rotatable bonds is 3. The summed E-state index contributed by atoms with van der Waals surface area (Å²) in [6, 6.07) is 1.69. The summed E-state index contributed by atoms with van der Waals surface area (Å²) >= 11 is 0. The van der Waals surface area contributed by atoms with Crippen LogP contribution in [0, 0.1) is 5.92 Å². The minimum atomic E-state index is 0.803. The Bertz CT molecular complexity index is 193. The summed E-state index contributed by atoms with van der Waals surface area (Å²) in [7, 11) is 0. The molecule has 2 rings (SSSR count). The summed E-state index contributed by atoms with van der Waals surface area (Å²) in [5, 5.41) is 3.60. The molecule has 0 aromatic heterocycles. The smallest absolute Gasteiger partial charge is 0.0111 e. The molecule has 2 heteroatoms. The summed E-state index contributed by atoms with van der Waals surface area (Å²) in [4.78, 5) is 2.76. The molecule has 1 aliphatic carbocycles. The van der Waals surface area contributed by atoms with E-state index in [1.807, 2.05) is 0 Å². The fourth-order valence-electron chi connectivity index (χ4n) is 3.32. The molecule has 0 aromatic rings. The molecule has 1 N–H and O–H groups in total. The van der Waals surface area contributed by atoms with Gasteiger partial charge in [-0.25, -0.2) is 0 Å². The SMILES string of the molecule is CCNC1CCC(N2CCCC(C)C2)C1. The zero-order valence-electron chi connectivity index (χ0n) is 10.3. The highest BCUT2D eigenvalue weighted by Crippen LogP contribution is 2.28. The third kappa shape index (κ3) is 2.94. The maximum Gasteiger partial charge on any atom is 0.0111 e. The predicted octanol–water partition coefficient (Wildman–Crippen LogP) is 2.25. The van der Waals surface area contributed by atoms with Gasteiger partial charge < -0.3 is 10.2 Å². The van der Waals surface area contributed by atoms with E-state index in [9.17, 15) is 0 Å². The minimum absolute atomic E-state index is 0.803. The topological polar surface area (TPSA) is 15.3 Å². The second-order valence-electron chi connectivity index (χ2n) is 5.46. The van der Waals surface area contributed by atoms with Crippen LogP contribution in [-0.4, -0.2) is 36.6 Å². The third-order valence-electron chi connectivity index (χ3n) is 4.10. The second-order valence-corrected chi connectivity index (χ2v) is 5.46. The second kappa shape index (κ2) is 5.31. The first kappa shape index (κ1) is 11.4. The van der Waals surface area contributed by atoms with Crippen LogP contribution in [-0.2, 0) is 0 Å². The van der Waals surface area contributed by atoms with Crippen molar-refractivity contribution in [1.29, 1.82) is 0 Å². The van der Waals surface area contributed by atoms with E-state index in [1.165, 1.54) is 45.2 Å². The summed E-state index contributed by atoms with van der Waals surface area (Å²) in [6.45, 7) is 8.46. The zero-order valence-corrected chi connectivity index (χ0v) is 10.3. The Morgan fingerprint density at radius 1 is 1.27 bits per heavy atom. The lowest BCUT2D eigenvalue weighted by Crippen LogP contribution is -2.41. The molecule has 0 bridgehead atoms. The molecule has 0 spiro atoms. The van der Waals surface area contributed by atoms with E-state index in [0.29, 0.717) is 0 Å². The molecule has 2 nitrogen and oxygen atoms in total. The summed E-state index contributed by atoms with van der Waals surface area (Å²) < 4.78 is 0. The highest BCUT2D eigenvalue weighted by atomic mass is 15.2. The Balaban J connectivity index is 1.79. The molecule has 88 valence electrons. The van der Waals surface area contributed by atoms with Gasteiger partial charge in [0.25, 0.3) is 0 Å². The molecular weight excluding hydrogens is 184 g/mol. The van der Waals surface area contributed by atoms with Crippen LogP contribution in [0.5, 0.6) is 0 Å². The first-order chi connectivity index (χ1) is 7.29. The van der Waals surface area contributed by atoms with Crippen molar-refractivity contribution in [3.63, 3.8) is 0 Å². The van der Waals surface area contributed by atoms with Gasteiger partial charge in [0.05, 0.1) is 0 Å². The van der Waals surface area contributed by atoms with Crippen LogP contribution >= 0.6 is 0 Å². The van der Waals surface area contributed by atoms with Gasteiger partial charge in [-0.2, -0.15) is 0 Å². The third-order valence-corrected chi connectivity index (χ3v) is 4.10. The van der Waals surface area contributed by atoms with Gasteiger partial charge in [-0.05, 0) is 51.1 Å². The van der Waals surface area contributed by atoms with E-state index >= 15 is 0 Å². The Morgan fingerprint density at radius 3 is 2.87 bits per heavy atom. The maximum absolute atomic E-state index is 3.60. The monoisotopic (exact) mass is 210 g/mol. The van der Waals surface area contributed by atoms with Crippen molar-refractivity contribution in [1.82, 2.24) is 10.2 Å². The molecule has 0 amide bonds. The van der Waals surface area contributed by atoms with Gasteiger partial charge in [0, 0.05) is 18.6 Å². The van der Waals surface area contributed by atoms with Gasteiger partial charge in [-0.3, -0.25) is 0 Å². The molecular formula is C13H26N2. The maximum atomic E-state index is 3.60. The zero-order chi connectivity index (χ0) is 10.7. The van der Waals surface area contributed by atoms with Gasteiger partial charge in [-0.1, -0.05) is 13.8 Å². The molecule has 1 saturated heterocycles. The highest BCUT2D eigenvalue weighted by molar-refractivity contribution is 4.88. The first-order valence-corrected chi connectivity index (χ1v) is 6.77. The van der Waals surface area contributed by atoms with Crippen LogP contribution in [0.15, 0.2) is 0 Å². The van der Waals surface area contributed by atoms with E-state index in [2.05, 4.69) is 24.1 Å². The first-order valence-electron chi connectivity index (χ1n) is 6.77. The van der Waals surface area contributed by atoms with Crippen molar-refractivity contribution in [2.75, 3.05) is 19.6 Å². The number of hydrogen-bond donors (Lipinski definition) is 1. The lowest BCUT2D eigenvalue weighted by atomic mass is 9.98. The lowest BCUT2D eigenvalue weighted by molar-refractivity contribution is 0.130. The van der Waals surface area contributed by atoms with E-state index in [1.54, 1.807) is 0 Å². The molecule has 0 aromatic carbocycles. The van der Waals surface area contributed by atoms with Crippen LogP contribution in [0.25, 0.3) is 0 Å². The van der Waals surface area contributed by atoms with Crippen LogP contribution in [0.4, 0.5) is 0 Å². The van der Waals surface area contributed by atoms with Crippen molar-refractivity contribution in [3.05, 3.63) is 0 Å². The van der Waals surface area contributed by atoms with Gasteiger partial charge in [0.2, 0.25) is 0 Å². The molecule has 1 heterocycles. The van der Waals surface area contributed by atoms with Crippen molar-refractivity contribution >= 4 is 0 Å². The van der Waals surface area contributed by atoms with Crippen molar-refractivity contribution in [2.45, 2.75) is 58.0 Å². The fourth-order valence-corrected chi connectivity index (χ4v) is 3.32. The van der Waals surface area contributed by atoms with Gasteiger partial charge >= 0.3 is 0 Å². The number of hydrogen-bond acceptors (Lipinski definition) is 2. The summed E-state index contributed by atoms with van der Waals surface area (Å²) in [5.41, 5.74) is 0. The lowest BCUT2D eigenvalue weighted by Gasteiger charge is -2.35. The fraction of sp³-hybridized carbons (Fsp3) is 1.00. The van der Waals surface area contributed by atoms with E-state index in [0.717, 1.165) is 24.5 Å². The van der Waals surface area contributed by atoms with E-state index < -0.39 is 0 Å². The van der Waals surface area contributed by atoms with Crippen LogP contribution in [0.3, 0.4) is 0 Å². The Labute approximate surface area is 94.4 Å². The molecule has 2 fully saturated rings. The van der Waals surface area contributed by atoms with Gasteiger partial charge in [0.15, 0.2) is 0 Å². The van der Waals surface area contributed by atoms with Crippen LogP contribution in [0.2, 0.25) is 0 Å². The van der Waals surface area contributed by atoms with Crippen molar-refractivity contribution in [2.24, 2.45) is 5.92 Å². The molecule has 0 radical (unpaired) electrons. The van der Waals surface area contributed by atoms with Crippen LogP contribution < -0.4 is 5.32 Å². The Hall–Kier alpha value is -0.0800. The largest absolute Gasteiger partial charge is 0.314 e. The van der Waals surface area contributed by atoms with Gasteiger partial charge in [-0.15, -0.1) is 0 Å². The number of nitrogens with zero attached hydrogens (tertiary/aromatic N) is 1. The molecule has 3 unspecified atom stereocenters. The summed E-state index contributed by atoms with van der Waals surface area (Å²) in [5.74, 6) is 0.928. The van der Waals surface area contributed by atoms with E-state index in [4.69, 9.17) is 0 Å². The van der Waals surface area contributed by atoms with Crippen molar-refractivity contribution in [3.8, 4) is 0 Å². The Morgan fingerprint density at radius 2 is 2.13 bits per heavy atom. The Kier molecular flexibility index (Phi) is 4.04. The normalized spacial score (nSPS) is 38.4. The average Bonchev–Trinajstić information content (AvgIpc) is 2.67. The van der Waals surface area contributed by atoms with Gasteiger partial charge in [0.1, 0.15) is 0 Å². The number of piperidine rings is 1. The number of nitrogens with one attached hydrogen (secondary N) is 1. The van der Waals surface area contributed by atoms with Crippen molar-refractivity contribution < 1.29 is 0 Å². The molecule has 1 saturated carbocycles. The predicted molar refractivity (Wildman–Crippen MR) is 65.1 cm³/mol. The number of likely N-dealkylation sites (tertiary alicyclic amines) is 1. The quantitative estimate of drug-likeness (QED) is 0.768. The molecule has 2 aliphatic rings. The summed E-state index contributed by atoms with van der Waals surface area (Å²) in [6.07, 6.45) is 7.07.